The van der Waals surface area contributed by atoms with Crippen LogP contribution >= 0.6 is 0 Å². The number of fused-ring (bicyclic) bond motifs is 1. The average Bonchev–Trinajstić information content (AvgIpc) is 2.31. The highest BCUT2D eigenvalue weighted by Gasteiger charge is 2.32. The van der Waals surface area contributed by atoms with Gasteiger partial charge in [0, 0.05) is 19.2 Å². The second-order valence-corrected chi connectivity index (χ2v) is 4.68. The lowest BCUT2D eigenvalue weighted by atomic mass is 9.96. The molecule has 0 fully saturated rings. The minimum absolute atomic E-state index is 0.0175. The number of hydrogen-bond donors (Lipinski definition) is 1. The molecule has 0 aliphatic carbocycles. The van der Waals surface area contributed by atoms with Crippen LogP contribution in [0.1, 0.15) is 30.1 Å². The molecule has 3 nitrogen and oxygen atoms in total. The maximum Gasteiger partial charge on any atom is 0.391 e. The van der Waals surface area contributed by atoms with Gasteiger partial charge in [-0.25, -0.2) is 0 Å². The first-order valence-electron chi connectivity index (χ1n) is 5.92. The number of benzene rings is 1. The third kappa shape index (κ3) is 3.07. The monoisotopic (exact) mass is 273 g/mol. The molecule has 1 aliphatic rings. The van der Waals surface area contributed by atoms with E-state index in [0.717, 1.165) is 5.56 Å². The Hall–Kier alpha value is -1.56. The van der Waals surface area contributed by atoms with Gasteiger partial charge in [0.15, 0.2) is 0 Å². The van der Waals surface area contributed by atoms with Gasteiger partial charge in [0.05, 0.1) is 12.5 Å². The SMILES string of the molecule is CN1C(=O)CCc2cc(C(O)CC(F)(F)F)ccc21. The lowest BCUT2D eigenvalue weighted by Crippen LogP contribution is -2.31. The van der Waals surface area contributed by atoms with Gasteiger partial charge >= 0.3 is 6.18 Å². The maximum absolute atomic E-state index is 12.2. The Morgan fingerprint density at radius 1 is 1.37 bits per heavy atom. The van der Waals surface area contributed by atoms with Crippen molar-refractivity contribution in [2.75, 3.05) is 11.9 Å². The molecule has 0 saturated carbocycles. The molecule has 0 aromatic heterocycles. The van der Waals surface area contributed by atoms with Gasteiger partial charge in [-0.05, 0) is 23.6 Å². The minimum Gasteiger partial charge on any atom is -0.388 e. The largest absolute Gasteiger partial charge is 0.391 e. The van der Waals surface area contributed by atoms with Crippen LogP contribution in [0.5, 0.6) is 0 Å². The summed E-state index contributed by atoms with van der Waals surface area (Å²) in [7, 11) is 1.63. The van der Waals surface area contributed by atoms with Crippen molar-refractivity contribution < 1.29 is 23.1 Å². The first-order valence-corrected chi connectivity index (χ1v) is 5.92. The quantitative estimate of drug-likeness (QED) is 0.899. The fourth-order valence-electron chi connectivity index (χ4n) is 2.22. The fourth-order valence-corrected chi connectivity index (χ4v) is 2.22. The molecule has 1 atom stereocenters. The Morgan fingerprint density at radius 2 is 2.05 bits per heavy atom. The van der Waals surface area contributed by atoms with Crippen molar-refractivity contribution in [3.63, 3.8) is 0 Å². The Labute approximate surface area is 108 Å². The van der Waals surface area contributed by atoms with Crippen LogP contribution in [0.4, 0.5) is 18.9 Å². The van der Waals surface area contributed by atoms with Crippen molar-refractivity contribution in [1.82, 2.24) is 0 Å². The molecular weight excluding hydrogens is 259 g/mol. The van der Waals surface area contributed by atoms with E-state index in [0.29, 0.717) is 18.5 Å². The molecule has 6 heteroatoms. The topological polar surface area (TPSA) is 40.5 Å². The second-order valence-electron chi connectivity index (χ2n) is 4.68. The molecule has 1 aliphatic heterocycles. The summed E-state index contributed by atoms with van der Waals surface area (Å²) in [6, 6.07) is 4.57. The Kier molecular flexibility index (Phi) is 3.54. The molecule has 1 amide bonds. The number of halogens is 3. The van der Waals surface area contributed by atoms with Gasteiger partial charge < -0.3 is 10.0 Å². The molecule has 1 aromatic carbocycles. The summed E-state index contributed by atoms with van der Waals surface area (Å²) in [6.45, 7) is 0. The van der Waals surface area contributed by atoms with Crippen molar-refractivity contribution in [2.24, 2.45) is 0 Å². The van der Waals surface area contributed by atoms with E-state index in [1.165, 1.54) is 11.0 Å². The Morgan fingerprint density at radius 3 is 2.68 bits per heavy atom. The molecule has 0 saturated heterocycles. The number of aliphatic hydroxyl groups excluding tert-OH is 1. The molecular formula is C13H14F3NO2. The van der Waals surface area contributed by atoms with E-state index in [1.807, 2.05) is 0 Å². The van der Waals surface area contributed by atoms with Crippen LogP contribution in [-0.2, 0) is 11.2 Å². The number of carbonyl (C=O) groups is 1. The number of alkyl halides is 3. The van der Waals surface area contributed by atoms with Crippen molar-refractivity contribution in [3.8, 4) is 0 Å². The van der Waals surface area contributed by atoms with Crippen LogP contribution in [0.15, 0.2) is 18.2 Å². The van der Waals surface area contributed by atoms with Crippen LogP contribution in [0.25, 0.3) is 0 Å². The normalized spacial score (nSPS) is 17.3. The summed E-state index contributed by atoms with van der Waals surface area (Å²) in [5, 5.41) is 9.58. The highest BCUT2D eigenvalue weighted by molar-refractivity contribution is 5.95. The van der Waals surface area contributed by atoms with E-state index in [9.17, 15) is 23.1 Å². The van der Waals surface area contributed by atoms with E-state index in [1.54, 1.807) is 19.2 Å². The fraction of sp³-hybridized carbons (Fsp3) is 0.462. The third-order valence-electron chi connectivity index (χ3n) is 3.26. The van der Waals surface area contributed by atoms with Crippen LogP contribution in [0, 0.1) is 0 Å². The number of aryl methyl sites for hydroxylation is 1. The smallest absolute Gasteiger partial charge is 0.388 e. The minimum atomic E-state index is -4.40. The molecule has 1 N–H and O–H groups in total. The van der Waals surface area contributed by atoms with E-state index >= 15 is 0 Å². The molecule has 0 spiro atoms. The van der Waals surface area contributed by atoms with Crippen molar-refractivity contribution in [2.45, 2.75) is 31.5 Å². The van der Waals surface area contributed by atoms with Gasteiger partial charge in [-0.2, -0.15) is 13.2 Å². The van der Waals surface area contributed by atoms with Gasteiger partial charge in [0.1, 0.15) is 0 Å². The Bertz CT molecular complexity index is 499. The van der Waals surface area contributed by atoms with Crippen molar-refractivity contribution in [1.29, 1.82) is 0 Å². The van der Waals surface area contributed by atoms with Gasteiger partial charge in [0.25, 0.3) is 0 Å². The van der Waals surface area contributed by atoms with Crippen molar-refractivity contribution in [3.05, 3.63) is 29.3 Å². The van der Waals surface area contributed by atoms with E-state index < -0.39 is 18.7 Å². The van der Waals surface area contributed by atoms with Crippen LogP contribution in [0.2, 0.25) is 0 Å². The van der Waals surface area contributed by atoms with E-state index in [-0.39, 0.29) is 11.5 Å². The zero-order valence-corrected chi connectivity index (χ0v) is 10.4. The second kappa shape index (κ2) is 4.85. The number of carbonyl (C=O) groups excluding carboxylic acids is 1. The van der Waals surface area contributed by atoms with Crippen LogP contribution < -0.4 is 4.90 Å². The van der Waals surface area contributed by atoms with Gasteiger partial charge in [0.2, 0.25) is 5.91 Å². The molecule has 104 valence electrons. The van der Waals surface area contributed by atoms with Crippen LogP contribution in [0.3, 0.4) is 0 Å². The molecule has 1 aromatic rings. The zero-order chi connectivity index (χ0) is 14.2. The summed E-state index contributed by atoms with van der Waals surface area (Å²) in [4.78, 5) is 13.0. The number of nitrogens with zero attached hydrogens (tertiary/aromatic N) is 1. The third-order valence-corrected chi connectivity index (χ3v) is 3.26. The number of aliphatic hydroxyl groups is 1. The summed E-state index contributed by atoms with van der Waals surface area (Å²) in [5.74, 6) is -0.0175. The number of rotatable bonds is 2. The predicted molar refractivity (Wildman–Crippen MR) is 63.8 cm³/mol. The number of anilines is 1. The summed E-state index contributed by atoms with van der Waals surface area (Å²) in [6.07, 6.45) is -6.40. The van der Waals surface area contributed by atoms with Gasteiger partial charge in [-0.1, -0.05) is 12.1 Å². The molecule has 1 heterocycles. The van der Waals surface area contributed by atoms with Crippen molar-refractivity contribution >= 4 is 11.6 Å². The maximum atomic E-state index is 12.2. The lowest BCUT2D eigenvalue weighted by Gasteiger charge is -2.26. The summed E-state index contributed by atoms with van der Waals surface area (Å²) < 4.78 is 36.7. The standard InChI is InChI=1S/C13H14F3NO2/c1-17-10-4-2-9(11(18)7-13(14,15)16)6-8(10)3-5-12(17)19/h2,4,6,11,18H,3,5,7H2,1H3. The predicted octanol–water partition coefficient (Wildman–Crippen LogP) is 2.58. The summed E-state index contributed by atoms with van der Waals surface area (Å²) in [5.41, 5.74) is 1.72. The van der Waals surface area contributed by atoms with Gasteiger partial charge in [-0.15, -0.1) is 0 Å². The van der Waals surface area contributed by atoms with Crippen LogP contribution in [-0.4, -0.2) is 24.2 Å². The summed E-state index contributed by atoms with van der Waals surface area (Å²) >= 11 is 0. The first kappa shape index (κ1) is 13.9. The average molecular weight is 273 g/mol. The highest BCUT2D eigenvalue weighted by Crippen LogP contribution is 2.33. The first-order chi connectivity index (χ1) is 8.78. The number of hydrogen-bond acceptors (Lipinski definition) is 2. The Balaban J connectivity index is 2.24. The van der Waals surface area contributed by atoms with E-state index in [4.69, 9.17) is 0 Å². The molecule has 0 radical (unpaired) electrons. The zero-order valence-electron chi connectivity index (χ0n) is 10.4. The molecule has 2 rings (SSSR count). The molecule has 0 bridgehead atoms. The highest BCUT2D eigenvalue weighted by atomic mass is 19.4. The number of amides is 1. The molecule has 1 unspecified atom stereocenters. The van der Waals surface area contributed by atoms with E-state index in [2.05, 4.69) is 0 Å². The van der Waals surface area contributed by atoms with Gasteiger partial charge in [-0.3, -0.25) is 4.79 Å². The lowest BCUT2D eigenvalue weighted by molar-refractivity contribution is -0.154. The molecule has 19 heavy (non-hydrogen) atoms.